The highest BCUT2D eigenvalue weighted by Crippen LogP contribution is 2.25. The predicted molar refractivity (Wildman–Crippen MR) is 76.0 cm³/mol. The molecule has 1 rings (SSSR count). The maximum atomic E-state index is 9.46. The van der Waals surface area contributed by atoms with Crippen molar-refractivity contribution in [3.05, 3.63) is 29.8 Å². The molecule has 0 spiro atoms. The molecule has 1 unspecified atom stereocenters. The molecule has 1 N–H and O–H groups in total. The highest BCUT2D eigenvalue weighted by molar-refractivity contribution is 5.27. The second kappa shape index (κ2) is 6.79. The maximum Gasteiger partial charge on any atom is 0.118 e. The molecule has 1 aromatic rings. The first kappa shape index (κ1) is 15.0. The van der Waals surface area contributed by atoms with Crippen molar-refractivity contribution in [2.75, 3.05) is 13.7 Å². The topological polar surface area (TPSA) is 29.5 Å². The van der Waals surface area contributed by atoms with E-state index in [1.807, 2.05) is 12.1 Å². The Hall–Kier alpha value is -1.02. The minimum Gasteiger partial charge on any atom is -0.497 e. The van der Waals surface area contributed by atoms with E-state index in [0.29, 0.717) is 11.3 Å². The van der Waals surface area contributed by atoms with Crippen molar-refractivity contribution in [3.63, 3.8) is 0 Å². The molecule has 0 saturated heterocycles. The van der Waals surface area contributed by atoms with E-state index < -0.39 is 0 Å². The first-order valence-corrected chi connectivity index (χ1v) is 6.68. The van der Waals surface area contributed by atoms with Gasteiger partial charge in [-0.15, -0.1) is 0 Å². The Balaban J connectivity index is 2.51. The number of hydrogen-bond donors (Lipinski definition) is 1. The lowest BCUT2D eigenvalue weighted by Gasteiger charge is -2.22. The molecule has 102 valence electrons. The van der Waals surface area contributed by atoms with Crippen molar-refractivity contribution in [2.45, 2.75) is 40.0 Å². The Bertz CT molecular complexity index is 335. The summed E-state index contributed by atoms with van der Waals surface area (Å²) < 4.78 is 5.14. The van der Waals surface area contributed by atoms with Gasteiger partial charge in [0, 0.05) is 6.61 Å². The maximum absolute atomic E-state index is 9.46. The van der Waals surface area contributed by atoms with Crippen LogP contribution in [0.3, 0.4) is 0 Å². The van der Waals surface area contributed by atoms with Gasteiger partial charge in [0.15, 0.2) is 0 Å². The zero-order chi connectivity index (χ0) is 13.6. The van der Waals surface area contributed by atoms with Crippen LogP contribution >= 0.6 is 0 Å². The fourth-order valence-electron chi connectivity index (χ4n) is 1.99. The Labute approximate surface area is 111 Å². The smallest absolute Gasteiger partial charge is 0.118 e. The number of rotatable bonds is 6. The summed E-state index contributed by atoms with van der Waals surface area (Å²) in [4.78, 5) is 0. The Kier molecular flexibility index (Phi) is 5.67. The lowest BCUT2D eigenvalue weighted by molar-refractivity contribution is 0.200. The van der Waals surface area contributed by atoms with Crippen molar-refractivity contribution in [1.29, 1.82) is 0 Å². The Morgan fingerprint density at radius 1 is 1.17 bits per heavy atom. The first-order chi connectivity index (χ1) is 8.44. The summed E-state index contributed by atoms with van der Waals surface area (Å²) in [6.45, 7) is 7.00. The van der Waals surface area contributed by atoms with Gasteiger partial charge in [-0.2, -0.15) is 0 Å². The summed E-state index contributed by atoms with van der Waals surface area (Å²) >= 11 is 0. The monoisotopic (exact) mass is 250 g/mol. The fraction of sp³-hybridized carbons (Fsp3) is 0.625. The second-order valence-electron chi connectivity index (χ2n) is 6.20. The number of aliphatic hydroxyl groups is 1. The summed E-state index contributed by atoms with van der Waals surface area (Å²) in [5.41, 5.74) is 1.61. The van der Waals surface area contributed by atoms with Gasteiger partial charge < -0.3 is 9.84 Å². The van der Waals surface area contributed by atoms with Crippen molar-refractivity contribution < 1.29 is 9.84 Å². The summed E-state index contributed by atoms with van der Waals surface area (Å²) in [7, 11) is 1.68. The van der Waals surface area contributed by atoms with Gasteiger partial charge in [-0.05, 0) is 48.3 Å². The minimum absolute atomic E-state index is 0.266. The van der Waals surface area contributed by atoms with Crippen LogP contribution in [0.15, 0.2) is 24.3 Å². The van der Waals surface area contributed by atoms with Gasteiger partial charge in [-0.25, -0.2) is 0 Å². The molecule has 2 heteroatoms. The molecule has 0 fully saturated rings. The molecular formula is C16H26O2. The molecule has 0 bridgehead atoms. The van der Waals surface area contributed by atoms with Gasteiger partial charge in [0.1, 0.15) is 5.75 Å². The first-order valence-electron chi connectivity index (χ1n) is 6.68. The van der Waals surface area contributed by atoms with Gasteiger partial charge in [0.2, 0.25) is 0 Å². The average molecular weight is 250 g/mol. The summed E-state index contributed by atoms with van der Waals surface area (Å²) in [6, 6.07) is 8.12. The zero-order valence-corrected chi connectivity index (χ0v) is 12.1. The molecule has 1 aromatic carbocycles. The molecule has 1 atom stereocenters. The Morgan fingerprint density at radius 3 is 2.22 bits per heavy atom. The molecular weight excluding hydrogens is 224 g/mol. The minimum atomic E-state index is 0.266. The van der Waals surface area contributed by atoms with E-state index in [2.05, 4.69) is 32.9 Å². The normalized spacial score (nSPS) is 13.4. The average Bonchev–Trinajstić information content (AvgIpc) is 2.34. The molecule has 0 saturated carbocycles. The highest BCUT2D eigenvalue weighted by Gasteiger charge is 2.15. The molecule has 0 aliphatic carbocycles. The largest absolute Gasteiger partial charge is 0.497 e. The summed E-state index contributed by atoms with van der Waals surface area (Å²) in [5.74, 6) is 1.24. The van der Waals surface area contributed by atoms with E-state index in [4.69, 9.17) is 4.74 Å². The van der Waals surface area contributed by atoms with Crippen LogP contribution in [-0.2, 0) is 6.42 Å². The van der Waals surface area contributed by atoms with E-state index >= 15 is 0 Å². The molecule has 0 amide bonds. The molecule has 0 aliphatic heterocycles. The predicted octanol–water partition coefficient (Wildman–Crippen LogP) is 3.67. The van der Waals surface area contributed by atoms with Gasteiger partial charge in [-0.1, -0.05) is 32.9 Å². The highest BCUT2D eigenvalue weighted by atomic mass is 16.5. The number of methoxy groups -OCH3 is 1. The fourth-order valence-corrected chi connectivity index (χ4v) is 1.99. The zero-order valence-electron chi connectivity index (χ0n) is 12.1. The molecule has 18 heavy (non-hydrogen) atoms. The van der Waals surface area contributed by atoms with Crippen molar-refractivity contribution in [1.82, 2.24) is 0 Å². The van der Waals surface area contributed by atoms with Crippen LogP contribution in [-0.4, -0.2) is 18.8 Å². The van der Waals surface area contributed by atoms with Gasteiger partial charge in [-0.3, -0.25) is 0 Å². The Morgan fingerprint density at radius 2 is 1.78 bits per heavy atom. The van der Waals surface area contributed by atoms with Crippen molar-refractivity contribution in [3.8, 4) is 5.75 Å². The van der Waals surface area contributed by atoms with E-state index in [1.54, 1.807) is 7.11 Å². The van der Waals surface area contributed by atoms with Gasteiger partial charge >= 0.3 is 0 Å². The summed E-state index contributed by atoms with van der Waals surface area (Å²) in [6.07, 6.45) is 3.16. The van der Waals surface area contributed by atoms with Crippen molar-refractivity contribution in [2.24, 2.45) is 11.3 Å². The SMILES string of the molecule is COc1ccc(CC(CO)CCC(C)(C)C)cc1. The van der Waals surface area contributed by atoms with E-state index in [-0.39, 0.29) is 6.61 Å². The quantitative estimate of drug-likeness (QED) is 0.834. The van der Waals surface area contributed by atoms with E-state index in [9.17, 15) is 5.11 Å². The van der Waals surface area contributed by atoms with Gasteiger partial charge in [0.05, 0.1) is 7.11 Å². The number of ether oxygens (including phenoxy) is 1. The van der Waals surface area contributed by atoms with Crippen LogP contribution in [0.25, 0.3) is 0 Å². The van der Waals surface area contributed by atoms with Crippen LogP contribution in [0.5, 0.6) is 5.75 Å². The number of benzene rings is 1. The lowest BCUT2D eigenvalue weighted by atomic mass is 9.85. The third kappa shape index (κ3) is 5.54. The van der Waals surface area contributed by atoms with E-state index in [0.717, 1.165) is 25.0 Å². The second-order valence-corrected chi connectivity index (χ2v) is 6.20. The van der Waals surface area contributed by atoms with Crippen LogP contribution in [0, 0.1) is 11.3 Å². The van der Waals surface area contributed by atoms with Crippen LogP contribution < -0.4 is 4.74 Å². The van der Waals surface area contributed by atoms with Gasteiger partial charge in [0.25, 0.3) is 0 Å². The third-order valence-electron chi connectivity index (χ3n) is 3.24. The molecule has 0 heterocycles. The standard InChI is InChI=1S/C16H26O2/c1-16(2,3)10-9-14(12-17)11-13-5-7-15(18-4)8-6-13/h5-8,14,17H,9-12H2,1-4H3. The number of hydrogen-bond acceptors (Lipinski definition) is 2. The van der Waals surface area contributed by atoms with Crippen molar-refractivity contribution >= 4 is 0 Å². The molecule has 0 aliphatic rings. The molecule has 0 radical (unpaired) electrons. The third-order valence-corrected chi connectivity index (χ3v) is 3.24. The molecule has 0 aromatic heterocycles. The summed E-state index contributed by atoms with van der Waals surface area (Å²) in [5, 5.41) is 9.46. The number of aliphatic hydroxyl groups excluding tert-OH is 1. The molecule has 2 nitrogen and oxygen atoms in total. The van der Waals surface area contributed by atoms with Crippen LogP contribution in [0.1, 0.15) is 39.2 Å². The van der Waals surface area contributed by atoms with E-state index in [1.165, 1.54) is 5.56 Å². The lowest BCUT2D eigenvalue weighted by Crippen LogP contribution is -2.14. The van der Waals surface area contributed by atoms with Crippen LogP contribution in [0.4, 0.5) is 0 Å². The van der Waals surface area contributed by atoms with Crippen LogP contribution in [0.2, 0.25) is 0 Å².